The van der Waals surface area contributed by atoms with Gasteiger partial charge < -0.3 is 9.64 Å². The highest BCUT2D eigenvalue weighted by Crippen LogP contribution is 2.30. The van der Waals surface area contributed by atoms with Crippen molar-refractivity contribution in [3.8, 4) is 11.1 Å². The monoisotopic (exact) mass is 418 g/mol. The number of carbonyl (C=O) groups is 1. The van der Waals surface area contributed by atoms with Crippen molar-refractivity contribution in [2.24, 2.45) is 0 Å². The number of piperidine rings is 1. The van der Waals surface area contributed by atoms with E-state index < -0.39 is 0 Å². The van der Waals surface area contributed by atoms with Crippen LogP contribution < -0.4 is 5.56 Å². The van der Waals surface area contributed by atoms with E-state index in [1.54, 1.807) is 35.1 Å². The van der Waals surface area contributed by atoms with Crippen molar-refractivity contribution in [2.45, 2.75) is 18.9 Å². The SMILES string of the molecule is COC1CCCN(C(=O)c2cc(-c3ccccc3)c(=O)n3ccc4ccsc4c23)C1. The van der Waals surface area contributed by atoms with Gasteiger partial charge in [0.2, 0.25) is 0 Å². The highest BCUT2D eigenvalue weighted by Gasteiger charge is 2.27. The normalized spacial score (nSPS) is 17.0. The van der Waals surface area contributed by atoms with Crippen molar-refractivity contribution < 1.29 is 9.53 Å². The molecule has 4 aromatic rings. The number of benzene rings is 1. The van der Waals surface area contributed by atoms with Crippen LogP contribution >= 0.6 is 11.3 Å². The van der Waals surface area contributed by atoms with Gasteiger partial charge in [0, 0.05) is 32.0 Å². The molecule has 5 nitrogen and oxygen atoms in total. The second-order valence-corrected chi connectivity index (χ2v) is 8.55. The molecule has 1 atom stereocenters. The standard InChI is InChI=1S/C24H22N2O3S/c1-29-18-8-5-11-25(15-18)23(27)20-14-19(16-6-3-2-4-7-16)24(28)26-12-9-17-10-13-30-22(17)21(20)26/h2-4,6-7,9-10,12-14,18H,5,8,11,15H2,1H3. The lowest BCUT2D eigenvalue weighted by Gasteiger charge is -2.32. The van der Waals surface area contributed by atoms with E-state index >= 15 is 0 Å². The summed E-state index contributed by atoms with van der Waals surface area (Å²) in [4.78, 5) is 28.9. The van der Waals surface area contributed by atoms with Gasteiger partial charge in [-0.3, -0.25) is 14.0 Å². The summed E-state index contributed by atoms with van der Waals surface area (Å²) in [5, 5.41) is 3.03. The molecule has 1 saturated heterocycles. The largest absolute Gasteiger partial charge is 0.380 e. The zero-order valence-electron chi connectivity index (χ0n) is 16.7. The molecule has 1 fully saturated rings. The number of pyridine rings is 2. The van der Waals surface area contributed by atoms with Crippen molar-refractivity contribution in [2.75, 3.05) is 20.2 Å². The minimum Gasteiger partial charge on any atom is -0.380 e. The topological polar surface area (TPSA) is 51.0 Å². The van der Waals surface area contributed by atoms with Crippen LogP contribution in [0.3, 0.4) is 0 Å². The van der Waals surface area contributed by atoms with E-state index in [9.17, 15) is 9.59 Å². The molecule has 3 aromatic heterocycles. The molecular weight excluding hydrogens is 396 g/mol. The molecule has 5 rings (SSSR count). The minimum atomic E-state index is -0.114. The fraction of sp³-hybridized carbons (Fsp3) is 0.250. The molecule has 0 saturated carbocycles. The molecule has 4 heterocycles. The Balaban J connectivity index is 1.76. The number of hydrogen-bond donors (Lipinski definition) is 0. The van der Waals surface area contributed by atoms with E-state index in [-0.39, 0.29) is 17.6 Å². The number of aromatic nitrogens is 1. The van der Waals surface area contributed by atoms with E-state index in [2.05, 4.69) is 0 Å². The first kappa shape index (κ1) is 19.0. The maximum atomic E-state index is 13.7. The predicted octanol–water partition coefficient (Wildman–Crippen LogP) is 4.43. The zero-order valence-corrected chi connectivity index (χ0v) is 17.5. The first-order valence-electron chi connectivity index (χ1n) is 10.1. The van der Waals surface area contributed by atoms with Gasteiger partial charge in [-0.1, -0.05) is 30.3 Å². The molecule has 0 N–H and O–H groups in total. The quantitative estimate of drug-likeness (QED) is 0.495. The lowest BCUT2D eigenvalue weighted by atomic mass is 10.0. The fourth-order valence-corrected chi connectivity index (χ4v) is 5.22. The second-order valence-electron chi connectivity index (χ2n) is 7.63. The first-order chi connectivity index (χ1) is 14.7. The molecule has 0 aliphatic carbocycles. The number of methoxy groups -OCH3 is 1. The average molecular weight is 419 g/mol. The molecule has 0 spiro atoms. The molecule has 0 radical (unpaired) electrons. The number of rotatable bonds is 3. The Kier molecular flexibility index (Phi) is 4.89. The van der Waals surface area contributed by atoms with Crippen LogP contribution in [0.15, 0.2) is 64.9 Å². The lowest BCUT2D eigenvalue weighted by Crippen LogP contribution is -2.43. The Morgan fingerprint density at radius 3 is 2.80 bits per heavy atom. The highest BCUT2D eigenvalue weighted by atomic mass is 32.1. The Morgan fingerprint density at radius 1 is 1.17 bits per heavy atom. The summed E-state index contributed by atoms with van der Waals surface area (Å²) >= 11 is 1.56. The van der Waals surface area contributed by atoms with Gasteiger partial charge >= 0.3 is 0 Å². The molecule has 1 aromatic carbocycles. The third-order valence-electron chi connectivity index (χ3n) is 5.86. The molecule has 152 valence electrons. The Labute approximate surface area is 178 Å². The molecular formula is C24H22N2O3S. The van der Waals surface area contributed by atoms with Gasteiger partial charge in [-0.15, -0.1) is 11.3 Å². The Morgan fingerprint density at radius 2 is 2.00 bits per heavy atom. The molecule has 6 heteroatoms. The molecule has 1 amide bonds. The number of hydrogen-bond acceptors (Lipinski definition) is 4. The zero-order chi connectivity index (χ0) is 20.7. The summed E-state index contributed by atoms with van der Waals surface area (Å²) in [5.74, 6) is -0.0488. The van der Waals surface area contributed by atoms with Gasteiger partial charge in [0.25, 0.3) is 11.5 Å². The fourth-order valence-electron chi connectivity index (χ4n) is 4.28. The van der Waals surface area contributed by atoms with Gasteiger partial charge in [-0.05, 0) is 47.4 Å². The van der Waals surface area contributed by atoms with E-state index in [0.717, 1.165) is 28.5 Å². The molecule has 0 bridgehead atoms. The van der Waals surface area contributed by atoms with E-state index in [0.29, 0.717) is 29.7 Å². The van der Waals surface area contributed by atoms with Gasteiger partial charge in [-0.25, -0.2) is 0 Å². The van der Waals surface area contributed by atoms with Crippen LogP contribution in [0.4, 0.5) is 0 Å². The molecule has 1 aliphatic heterocycles. The molecule has 1 aliphatic rings. The second kappa shape index (κ2) is 7.70. The number of thiophene rings is 1. The summed E-state index contributed by atoms with van der Waals surface area (Å²) in [6, 6.07) is 15.3. The van der Waals surface area contributed by atoms with E-state index in [1.165, 1.54) is 0 Å². The van der Waals surface area contributed by atoms with Crippen LogP contribution in [0.5, 0.6) is 0 Å². The van der Waals surface area contributed by atoms with Crippen LogP contribution in [0.2, 0.25) is 0 Å². The average Bonchev–Trinajstić information content (AvgIpc) is 3.28. The van der Waals surface area contributed by atoms with Crippen molar-refractivity contribution in [1.82, 2.24) is 9.30 Å². The van der Waals surface area contributed by atoms with Crippen LogP contribution in [0.25, 0.3) is 26.7 Å². The third kappa shape index (κ3) is 3.13. The smallest absolute Gasteiger partial charge is 0.263 e. The summed E-state index contributed by atoms with van der Waals surface area (Å²) in [6.45, 7) is 1.27. The summed E-state index contributed by atoms with van der Waals surface area (Å²) in [5.41, 5.74) is 2.49. The molecule has 30 heavy (non-hydrogen) atoms. The number of amides is 1. The van der Waals surface area contributed by atoms with Gasteiger partial charge in [0.1, 0.15) is 0 Å². The van der Waals surface area contributed by atoms with Gasteiger partial charge in [0.05, 0.1) is 21.9 Å². The van der Waals surface area contributed by atoms with Gasteiger partial charge in [0.15, 0.2) is 0 Å². The van der Waals surface area contributed by atoms with Crippen molar-refractivity contribution in [3.05, 3.63) is 76.0 Å². The molecule has 1 unspecified atom stereocenters. The van der Waals surface area contributed by atoms with Crippen LogP contribution in [-0.2, 0) is 4.74 Å². The van der Waals surface area contributed by atoms with Crippen molar-refractivity contribution in [3.63, 3.8) is 0 Å². The first-order valence-corrected chi connectivity index (χ1v) is 11.0. The number of ether oxygens (including phenoxy) is 1. The number of likely N-dealkylation sites (tertiary alicyclic amines) is 1. The Bertz CT molecular complexity index is 1290. The van der Waals surface area contributed by atoms with Crippen LogP contribution in [0, 0.1) is 0 Å². The van der Waals surface area contributed by atoms with Crippen molar-refractivity contribution in [1.29, 1.82) is 0 Å². The number of nitrogens with zero attached hydrogens (tertiary/aromatic N) is 2. The maximum absolute atomic E-state index is 13.7. The van der Waals surface area contributed by atoms with E-state index in [1.807, 2.05) is 52.7 Å². The highest BCUT2D eigenvalue weighted by molar-refractivity contribution is 7.18. The summed E-state index contributed by atoms with van der Waals surface area (Å²) < 4.78 is 8.11. The summed E-state index contributed by atoms with van der Waals surface area (Å²) in [6.07, 6.45) is 3.70. The number of carbonyl (C=O) groups excluding carboxylic acids is 1. The van der Waals surface area contributed by atoms with E-state index in [4.69, 9.17) is 4.74 Å². The number of fused-ring (bicyclic) bond motifs is 3. The van der Waals surface area contributed by atoms with Crippen molar-refractivity contribution >= 4 is 32.8 Å². The van der Waals surface area contributed by atoms with Gasteiger partial charge in [-0.2, -0.15) is 0 Å². The third-order valence-corrected chi connectivity index (χ3v) is 6.80. The maximum Gasteiger partial charge on any atom is 0.263 e. The predicted molar refractivity (Wildman–Crippen MR) is 120 cm³/mol. The Hall–Kier alpha value is -2.96. The van der Waals surface area contributed by atoms with Crippen LogP contribution in [-0.4, -0.2) is 41.5 Å². The van der Waals surface area contributed by atoms with Crippen LogP contribution in [0.1, 0.15) is 23.2 Å². The summed E-state index contributed by atoms with van der Waals surface area (Å²) in [7, 11) is 1.69. The lowest BCUT2D eigenvalue weighted by molar-refractivity contribution is 0.0270. The minimum absolute atomic E-state index is 0.0488.